The quantitative estimate of drug-likeness (QED) is 0.767. The maximum absolute atomic E-state index is 12.4. The average Bonchev–Trinajstić information content (AvgIpc) is 2.46. The summed E-state index contributed by atoms with van der Waals surface area (Å²) in [4.78, 5) is 10.3. The van der Waals surface area contributed by atoms with E-state index in [1.54, 1.807) is 0 Å². The van der Waals surface area contributed by atoms with Crippen LogP contribution in [0.2, 0.25) is 0 Å². The highest BCUT2D eigenvalue weighted by Gasteiger charge is 2.22. The second-order valence-electron chi connectivity index (χ2n) is 3.07. The van der Waals surface area contributed by atoms with Gasteiger partial charge in [0.05, 0.1) is 0 Å². The monoisotopic (exact) mass is 220 g/mol. The van der Waals surface area contributed by atoms with Crippen LogP contribution in [0.5, 0.6) is 0 Å². The highest BCUT2D eigenvalue weighted by Crippen LogP contribution is 2.21. The van der Waals surface area contributed by atoms with Gasteiger partial charge in [-0.15, -0.1) is 0 Å². The van der Waals surface area contributed by atoms with Crippen molar-refractivity contribution in [1.82, 2.24) is 9.78 Å². The highest BCUT2D eigenvalue weighted by atomic mass is 19.3. The minimum Gasteiger partial charge on any atom is -0.479 e. The van der Waals surface area contributed by atoms with Crippen molar-refractivity contribution in [2.45, 2.75) is 19.0 Å². The van der Waals surface area contributed by atoms with Gasteiger partial charge in [-0.1, -0.05) is 0 Å². The standard InChI is InChI=1S/C8H10F2N2O3/c1-12-3-4(2-5(13)8(14)15)6(11-12)7(9)10/h3,5,7,13H,2H2,1H3,(H,14,15). The number of carboxylic acid groups (broad SMARTS) is 1. The first-order valence-electron chi connectivity index (χ1n) is 4.13. The molecular weight excluding hydrogens is 210 g/mol. The third kappa shape index (κ3) is 2.72. The Labute approximate surface area is 83.9 Å². The lowest BCUT2D eigenvalue weighted by atomic mass is 10.1. The fourth-order valence-corrected chi connectivity index (χ4v) is 1.19. The van der Waals surface area contributed by atoms with Crippen LogP contribution in [0.15, 0.2) is 6.20 Å². The van der Waals surface area contributed by atoms with Gasteiger partial charge in [0.1, 0.15) is 5.69 Å². The van der Waals surface area contributed by atoms with Gasteiger partial charge in [0.2, 0.25) is 0 Å². The van der Waals surface area contributed by atoms with Crippen LogP contribution in [-0.4, -0.2) is 32.1 Å². The maximum atomic E-state index is 12.4. The van der Waals surface area contributed by atoms with Gasteiger partial charge in [-0.3, -0.25) is 4.68 Å². The van der Waals surface area contributed by atoms with Gasteiger partial charge in [-0.05, 0) is 0 Å². The van der Waals surface area contributed by atoms with Crippen molar-refractivity contribution in [3.8, 4) is 0 Å². The van der Waals surface area contributed by atoms with Crippen molar-refractivity contribution in [3.63, 3.8) is 0 Å². The Morgan fingerprint density at radius 3 is 2.73 bits per heavy atom. The lowest BCUT2D eigenvalue weighted by Crippen LogP contribution is -2.22. The van der Waals surface area contributed by atoms with Crippen molar-refractivity contribution >= 4 is 5.97 Å². The molecule has 0 radical (unpaired) electrons. The van der Waals surface area contributed by atoms with E-state index < -0.39 is 24.2 Å². The third-order valence-corrected chi connectivity index (χ3v) is 1.84. The zero-order valence-electron chi connectivity index (χ0n) is 7.89. The summed E-state index contributed by atoms with van der Waals surface area (Å²) in [6.45, 7) is 0. The number of rotatable bonds is 4. The zero-order chi connectivity index (χ0) is 11.6. The summed E-state index contributed by atoms with van der Waals surface area (Å²) < 4.78 is 25.9. The van der Waals surface area contributed by atoms with E-state index in [1.165, 1.54) is 13.2 Å². The Morgan fingerprint density at radius 2 is 2.27 bits per heavy atom. The van der Waals surface area contributed by atoms with Gasteiger partial charge in [0.15, 0.2) is 6.10 Å². The number of aliphatic carboxylic acids is 1. The van der Waals surface area contributed by atoms with Gasteiger partial charge in [-0.25, -0.2) is 13.6 Å². The smallest absolute Gasteiger partial charge is 0.332 e. The lowest BCUT2D eigenvalue weighted by molar-refractivity contribution is -0.146. The van der Waals surface area contributed by atoms with Crippen molar-refractivity contribution in [1.29, 1.82) is 0 Å². The molecule has 1 rings (SSSR count). The average molecular weight is 220 g/mol. The molecule has 84 valence electrons. The minimum absolute atomic E-state index is 0.0439. The van der Waals surface area contributed by atoms with E-state index >= 15 is 0 Å². The molecule has 5 nitrogen and oxygen atoms in total. The first-order valence-corrected chi connectivity index (χ1v) is 4.13. The molecule has 0 aliphatic heterocycles. The van der Waals surface area contributed by atoms with Crippen LogP contribution in [0.25, 0.3) is 0 Å². The summed E-state index contributed by atoms with van der Waals surface area (Å²) in [6.07, 6.45) is -3.56. The first-order chi connectivity index (χ1) is 6.91. The SMILES string of the molecule is Cn1cc(CC(O)C(=O)O)c(C(F)F)n1. The van der Waals surface area contributed by atoms with Crippen molar-refractivity contribution < 1.29 is 23.8 Å². The van der Waals surface area contributed by atoms with E-state index in [2.05, 4.69) is 5.10 Å². The lowest BCUT2D eigenvalue weighted by Gasteiger charge is -2.04. The molecule has 0 aromatic carbocycles. The molecule has 1 unspecified atom stereocenters. The molecule has 0 bridgehead atoms. The topological polar surface area (TPSA) is 75.4 Å². The number of nitrogens with zero attached hydrogens (tertiary/aromatic N) is 2. The van der Waals surface area contributed by atoms with Gasteiger partial charge >= 0.3 is 5.97 Å². The summed E-state index contributed by atoms with van der Waals surface area (Å²) >= 11 is 0. The molecule has 0 aliphatic rings. The fraction of sp³-hybridized carbons (Fsp3) is 0.500. The predicted molar refractivity (Wildman–Crippen MR) is 45.5 cm³/mol. The van der Waals surface area contributed by atoms with Crippen molar-refractivity contribution in [3.05, 3.63) is 17.5 Å². The van der Waals surface area contributed by atoms with Crippen LogP contribution < -0.4 is 0 Å². The summed E-state index contributed by atoms with van der Waals surface area (Å²) in [5.74, 6) is -1.45. The summed E-state index contributed by atoms with van der Waals surface area (Å²) in [5, 5.41) is 20.9. The van der Waals surface area contributed by atoms with Gasteiger partial charge < -0.3 is 10.2 Å². The first kappa shape index (κ1) is 11.6. The molecule has 2 N–H and O–H groups in total. The number of aromatic nitrogens is 2. The maximum Gasteiger partial charge on any atom is 0.332 e. The predicted octanol–water partition coefficient (Wildman–Crippen LogP) is 0.346. The minimum atomic E-state index is -2.78. The number of carbonyl (C=O) groups is 1. The second-order valence-corrected chi connectivity index (χ2v) is 3.07. The largest absolute Gasteiger partial charge is 0.479 e. The second kappa shape index (κ2) is 4.35. The number of hydrogen-bond donors (Lipinski definition) is 2. The summed E-state index contributed by atoms with van der Waals surface area (Å²) in [6, 6.07) is 0. The highest BCUT2D eigenvalue weighted by molar-refractivity contribution is 5.72. The van der Waals surface area contributed by atoms with E-state index in [0.29, 0.717) is 0 Å². The van der Waals surface area contributed by atoms with Crippen LogP contribution in [0.4, 0.5) is 8.78 Å². The molecule has 0 spiro atoms. The van der Waals surface area contributed by atoms with E-state index in [-0.39, 0.29) is 12.0 Å². The van der Waals surface area contributed by atoms with Crippen molar-refractivity contribution in [2.24, 2.45) is 7.05 Å². The van der Waals surface area contributed by atoms with Crippen molar-refractivity contribution in [2.75, 3.05) is 0 Å². The number of carboxylic acids is 1. The van der Waals surface area contributed by atoms with Gasteiger partial charge in [0, 0.05) is 25.2 Å². The molecule has 1 aromatic rings. The van der Waals surface area contributed by atoms with E-state index in [9.17, 15) is 13.6 Å². The fourth-order valence-electron chi connectivity index (χ4n) is 1.19. The molecule has 1 aromatic heterocycles. The number of alkyl halides is 2. The Balaban J connectivity index is 2.88. The Kier molecular flexibility index (Phi) is 3.35. The molecule has 0 saturated heterocycles. The molecule has 7 heteroatoms. The molecule has 1 atom stereocenters. The normalized spacial score (nSPS) is 13.1. The van der Waals surface area contributed by atoms with Crippen LogP contribution in [0.3, 0.4) is 0 Å². The Hall–Kier alpha value is -1.50. The molecular formula is C8H10F2N2O3. The van der Waals surface area contributed by atoms with E-state index in [4.69, 9.17) is 10.2 Å². The van der Waals surface area contributed by atoms with E-state index in [0.717, 1.165) is 4.68 Å². The molecule has 0 saturated carbocycles. The number of aliphatic hydroxyl groups is 1. The van der Waals surface area contributed by atoms with Gasteiger partial charge in [0.25, 0.3) is 6.43 Å². The van der Waals surface area contributed by atoms with Crippen LogP contribution >= 0.6 is 0 Å². The summed E-state index contributed by atoms with van der Waals surface area (Å²) in [7, 11) is 1.45. The molecule has 0 fully saturated rings. The molecule has 0 aliphatic carbocycles. The number of halogens is 2. The van der Waals surface area contributed by atoms with Crippen LogP contribution in [0, 0.1) is 0 Å². The van der Waals surface area contributed by atoms with Gasteiger partial charge in [-0.2, -0.15) is 5.10 Å². The number of aliphatic hydroxyl groups excluding tert-OH is 1. The Morgan fingerprint density at radius 1 is 1.67 bits per heavy atom. The zero-order valence-corrected chi connectivity index (χ0v) is 7.89. The molecule has 15 heavy (non-hydrogen) atoms. The number of hydrogen-bond acceptors (Lipinski definition) is 3. The van der Waals surface area contributed by atoms with Crippen LogP contribution in [-0.2, 0) is 18.3 Å². The molecule has 0 amide bonds. The number of aryl methyl sites for hydroxylation is 1. The third-order valence-electron chi connectivity index (χ3n) is 1.84. The summed E-state index contributed by atoms with van der Waals surface area (Å²) in [5.41, 5.74) is -0.444. The Bertz CT molecular complexity index is 365. The molecule has 1 heterocycles. The van der Waals surface area contributed by atoms with Crippen LogP contribution in [0.1, 0.15) is 17.7 Å². The van der Waals surface area contributed by atoms with E-state index in [1.807, 2.05) is 0 Å².